The third-order valence-electron chi connectivity index (χ3n) is 4.53. The number of nitrogens with zero attached hydrogens (tertiary/aromatic N) is 1. The molecule has 1 heterocycles. The van der Waals surface area contributed by atoms with E-state index in [1.54, 1.807) is 0 Å². The molecule has 2 atom stereocenters. The summed E-state index contributed by atoms with van der Waals surface area (Å²) in [4.78, 5) is 14.5. The van der Waals surface area contributed by atoms with Crippen molar-refractivity contribution in [3.05, 3.63) is 30.3 Å². The van der Waals surface area contributed by atoms with E-state index in [9.17, 15) is 4.79 Å². The fraction of sp³-hybridized carbons (Fsp3) is 0.562. The van der Waals surface area contributed by atoms with Crippen molar-refractivity contribution in [2.75, 3.05) is 11.9 Å². The number of rotatable bonds is 1. The molecule has 2 amide bonds. The Morgan fingerprint density at radius 2 is 1.79 bits per heavy atom. The number of urea groups is 1. The number of amides is 2. The summed E-state index contributed by atoms with van der Waals surface area (Å²) in [5.41, 5.74) is 0.894. The highest BCUT2D eigenvalue weighted by Crippen LogP contribution is 2.35. The van der Waals surface area contributed by atoms with Crippen LogP contribution in [0.2, 0.25) is 0 Å². The quantitative estimate of drug-likeness (QED) is 0.814. The zero-order valence-corrected chi connectivity index (χ0v) is 11.3. The molecule has 19 heavy (non-hydrogen) atoms. The fourth-order valence-corrected chi connectivity index (χ4v) is 3.59. The molecule has 3 heteroatoms. The van der Waals surface area contributed by atoms with Gasteiger partial charge in [0.15, 0.2) is 0 Å². The maximum absolute atomic E-state index is 12.4. The number of likely N-dealkylation sites (tertiary alicyclic amines) is 1. The lowest BCUT2D eigenvalue weighted by Crippen LogP contribution is -2.51. The number of carbonyl (C=O) groups is 1. The summed E-state index contributed by atoms with van der Waals surface area (Å²) in [6, 6.07) is 10.3. The Bertz CT molecular complexity index is 430. The highest BCUT2D eigenvalue weighted by atomic mass is 16.2. The van der Waals surface area contributed by atoms with Crippen LogP contribution in [0.1, 0.15) is 38.5 Å². The van der Waals surface area contributed by atoms with Crippen LogP contribution in [0.25, 0.3) is 0 Å². The van der Waals surface area contributed by atoms with Crippen LogP contribution in [-0.2, 0) is 0 Å². The molecule has 1 N–H and O–H groups in total. The molecule has 0 unspecified atom stereocenters. The topological polar surface area (TPSA) is 32.3 Å². The second-order valence-electron chi connectivity index (χ2n) is 5.74. The molecule has 3 nitrogen and oxygen atoms in total. The van der Waals surface area contributed by atoms with Gasteiger partial charge in [-0.3, -0.25) is 0 Å². The first-order valence-electron chi connectivity index (χ1n) is 7.47. The number of hydrogen-bond acceptors (Lipinski definition) is 1. The average molecular weight is 258 g/mol. The van der Waals surface area contributed by atoms with Gasteiger partial charge in [-0.2, -0.15) is 0 Å². The summed E-state index contributed by atoms with van der Waals surface area (Å²) in [5, 5.41) is 3.03. The van der Waals surface area contributed by atoms with Gasteiger partial charge in [-0.15, -0.1) is 0 Å². The molecule has 1 aliphatic heterocycles. The molecule has 1 aromatic carbocycles. The average Bonchev–Trinajstić information content (AvgIpc) is 2.47. The van der Waals surface area contributed by atoms with Crippen LogP contribution in [-0.4, -0.2) is 23.5 Å². The minimum Gasteiger partial charge on any atom is -0.321 e. The van der Waals surface area contributed by atoms with Crippen molar-refractivity contribution in [1.82, 2.24) is 4.90 Å². The largest absolute Gasteiger partial charge is 0.322 e. The van der Waals surface area contributed by atoms with E-state index in [1.807, 2.05) is 30.3 Å². The molecule has 0 spiro atoms. The van der Waals surface area contributed by atoms with Crippen LogP contribution in [0, 0.1) is 5.92 Å². The van der Waals surface area contributed by atoms with E-state index in [4.69, 9.17) is 0 Å². The lowest BCUT2D eigenvalue weighted by Gasteiger charge is -2.43. The second-order valence-corrected chi connectivity index (χ2v) is 5.74. The number of benzene rings is 1. The van der Waals surface area contributed by atoms with Crippen molar-refractivity contribution in [3.63, 3.8) is 0 Å². The van der Waals surface area contributed by atoms with E-state index in [0.717, 1.165) is 24.6 Å². The van der Waals surface area contributed by atoms with Crippen molar-refractivity contribution in [2.45, 2.75) is 44.6 Å². The first-order chi connectivity index (χ1) is 9.34. The molecule has 1 aliphatic carbocycles. The molecule has 1 saturated heterocycles. The van der Waals surface area contributed by atoms with Gasteiger partial charge in [0.2, 0.25) is 0 Å². The van der Waals surface area contributed by atoms with Crippen LogP contribution in [0.5, 0.6) is 0 Å². The van der Waals surface area contributed by atoms with E-state index < -0.39 is 0 Å². The standard InChI is InChI=1S/C16H22N2O/c19-16(17-14-9-2-1-3-10-14)18-12-6-8-13-7-4-5-11-15(13)18/h1-3,9-10,13,15H,4-8,11-12H2,(H,17,19)/t13-,15-/m1/s1. The van der Waals surface area contributed by atoms with Crippen LogP contribution in [0.15, 0.2) is 30.3 Å². The number of piperidine rings is 1. The zero-order chi connectivity index (χ0) is 13.1. The van der Waals surface area contributed by atoms with Crippen LogP contribution >= 0.6 is 0 Å². The molecule has 2 fully saturated rings. The number of hydrogen-bond donors (Lipinski definition) is 1. The molecular weight excluding hydrogens is 236 g/mol. The van der Waals surface area contributed by atoms with Gasteiger partial charge in [-0.1, -0.05) is 31.0 Å². The molecule has 102 valence electrons. The number of nitrogens with one attached hydrogen (secondary N) is 1. The Labute approximate surface area is 115 Å². The highest BCUT2D eigenvalue weighted by Gasteiger charge is 2.35. The smallest absolute Gasteiger partial charge is 0.321 e. The molecule has 0 aromatic heterocycles. The van der Waals surface area contributed by atoms with E-state index in [2.05, 4.69) is 10.2 Å². The van der Waals surface area contributed by atoms with E-state index in [1.165, 1.54) is 32.1 Å². The fourth-order valence-electron chi connectivity index (χ4n) is 3.59. The van der Waals surface area contributed by atoms with Crippen LogP contribution in [0.3, 0.4) is 0 Å². The van der Waals surface area contributed by atoms with Gasteiger partial charge in [0, 0.05) is 18.3 Å². The van der Waals surface area contributed by atoms with Crippen molar-refractivity contribution >= 4 is 11.7 Å². The molecule has 2 aliphatic rings. The number of para-hydroxylation sites is 1. The SMILES string of the molecule is O=C(Nc1ccccc1)N1CCC[C@H]2CCCC[C@H]21. The van der Waals surface area contributed by atoms with Gasteiger partial charge >= 0.3 is 6.03 Å². The lowest BCUT2D eigenvalue weighted by atomic mass is 9.78. The number of fused-ring (bicyclic) bond motifs is 1. The van der Waals surface area contributed by atoms with Crippen molar-refractivity contribution in [2.24, 2.45) is 5.92 Å². The Balaban J connectivity index is 1.68. The molecule has 1 aromatic rings. The predicted octanol–water partition coefficient (Wildman–Crippen LogP) is 3.87. The van der Waals surface area contributed by atoms with Crippen molar-refractivity contribution in [1.29, 1.82) is 0 Å². The van der Waals surface area contributed by atoms with E-state index in [-0.39, 0.29) is 6.03 Å². The van der Waals surface area contributed by atoms with Crippen LogP contribution < -0.4 is 5.32 Å². The summed E-state index contributed by atoms with van der Waals surface area (Å²) in [5.74, 6) is 0.740. The predicted molar refractivity (Wildman–Crippen MR) is 77.1 cm³/mol. The third kappa shape index (κ3) is 2.75. The number of anilines is 1. The monoisotopic (exact) mass is 258 g/mol. The molecule has 3 rings (SSSR count). The minimum absolute atomic E-state index is 0.0859. The number of carbonyl (C=O) groups excluding carboxylic acids is 1. The summed E-state index contributed by atoms with van der Waals surface area (Å²) in [6.45, 7) is 0.917. The van der Waals surface area contributed by atoms with E-state index in [0.29, 0.717) is 6.04 Å². The Morgan fingerprint density at radius 3 is 2.63 bits per heavy atom. The third-order valence-corrected chi connectivity index (χ3v) is 4.53. The molecule has 0 bridgehead atoms. The molecule has 0 radical (unpaired) electrons. The summed E-state index contributed by atoms with van der Waals surface area (Å²) in [6.07, 6.45) is 7.57. The van der Waals surface area contributed by atoms with Gasteiger partial charge in [0.25, 0.3) is 0 Å². The van der Waals surface area contributed by atoms with Gasteiger partial charge in [0.1, 0.15) is 0 Å². The maximum atomic E-state index is 12.4. The Hall–Kier alpha value is -1.51. The highest BCUT2D eigenvalue weighted by molar-refractivity contribution is 5.89. The Morgan fingerprint density at radius 1 is 1.05 bits per heavy atom. The Kier molecular flexibility index (Phi) is 3.72. The van der Waals surface area contributed by atoms with Gasteiger partial charge in [-0.25, -0.2) is 4.79 Å². The summed E-state index contributed by atoms with van der Waals surface area (Å²) >= 11 is 0. The molecule has 1 saturated carbocycles. The molecular formula is C16H22N2O. The second kappa shape index (κ2) is 5.64. The van der Waals surface area contributed by atoms with Crippen LogP contribution in [0.4, 0.5) is 10.5 Å². The summed E-state index contributed by atoms with van der Waals surface area (Å²) < 4.78 is 0. The first-order valence-corrected chi connectivity index (χ1v) is 7.47. The normalized spacial score (nSPS) is 26.6. The van der Waals surface area contributed by atoms with Gasteiger partial charge in [-0.05, 0) is 43.7 Å². The maximum Gasteiger partial charge on any atom is 0.322 e. The van der Waals surface area contributed by atoms with Gasteiger partial charge < -0.3 is 10.2 Å². The van der Waals surface area contributed by atoms with Crippen molar-refractivity contribution in [3.8, 4) is 0 Å². The van der Waals surface area contributed by atoms with Gasteiger partial charge in [0.05, 0.1) is 0 Å². The summed E-state index contributed by atoms with van der Waals surface area (Å²) in [7, 11) is 0. The zero-order valence-electron chi connectivity index (χ0n) is 11.3. The first kappa shape index (κ1) is 12.5. The van der Waals surface area contributed by atoms with E-state index >= 15 is 0 Å². The lowest BCUT2D eigenvalue weighted by molar-refractivity contribution is 0.0909. The van der Waals surface area contributed by atoms with Crippen molar-refractivity contribution < 1.29 is 4.79 Å². The minimum atomic E-state index is 0.0859.